The molecule has 2 heterocycles. The van der Waals surface area contributed by atoms with E-state index in [4.69, 9.17) is 5.73 Å². The Kier molecular flexibility index (Phi) is 4.85. The van der Waals surface area contributed by atoms with E-state index < -0.39 is 0 Å². The molecule has 2 fully saturated rings. The number of piperazine rings is 1. The van der Waals surface area contributed by atoms with Crippen molar-refractivity contribution in [3.05, 3.63) is 0 Å². The number of fused-ring (bicyclic) bond motifs is 1. The van der Waals surface area contributed by atoms with E-state index in [1.54, 1.807) is 0 Å². The molecule has 0 saturated carbocycles. The van der Waals surface area contributed by atoms with Crippen molar-refractivity contribution in [1.82, 2.24) is 9.80 Å². The molecule has 4 atom stereocenters. The predicted octanol–water partition coefficient (Wildman–Crippen LogP) is 1.45. The van der Waals surface area contributed by atoms with E-state index in [-0.39, 0.29) is 17.9 Å². The van der Waals surface area contributed by atoms with Crippen LogP contribution in [-0.2, 0) is 4.79 Å². The lowest BCUT2D eigenvalue weighted by Gasteiger charge is -2.48. The molecular formula is C15H29N3O. The Labute approximate surface area is 117 Å². The fourth-order valence-electron chi connectivity index (χ4n) is 3.35. The molecule has 3 unspecified atom stereocenters. The van der Waals surface area contributed by atoms with Crippen molar-refractivity contribution < 1.29 is 4.79 Å². The number of nitrogens with two attached hydrogens (primary N) is 1. The molecule has 4 nitrogen and oxygen atoms in total. The minimum absolute atomic E-state index is 0.159. The summed E-state index contributed by atoms with van der Waals surface area (Å²) in [5.74, 6) is 0.427. The van der Waals surface area contributed by atoms with Crippen molar-refractivity contribution in [2.75, 3.05) is 19.6 Å². The van der Waals surface area contributed by atoms with Crippen molar-refractivity contribution in [3.63, 3.8) is 0 Å². The van der Waals surface area contributed by atoms with Gasteiger partial charge >= 0.3 is 0 Å². The monoisotopic (exact) mass is 267 g/mol. The largest absolute Gasteiger partial charge is 0.336 e. The minimum atomic E-state index is -0.331. The van der Waals surface area contributed by atoms with Crippen molar-refractivity contribution >= 4 is 5.91 Å². The van der Waals surface area contributed by atoms with Crippen LogP contribution in [0.5, 0.6) is 0 Å². The van der Waals surface area contributed by atoms with E-state index in [1.807, 2.05) is 4.90 Å². The van der Waals surface area contributed by atoms with Crippen molar-refractivity contribution in [1.29, 1.82) is 0 Å². The number of hydrogen-bond acceptors (Lipinski definition) is 3. The van der Waals surface area contributed by atoms with Gasteiger partial charge in [0.1, 0.15) is 0 Å². The van der Waals surface area contributed by atoms with Crippen LogP contribution < -0.4 is 5.73 Å². The van der Waals surface area contributed by atoms with E-state index in [2.05, 4.69) is 25.7 Å². The van der Waals surface area contributed by atoms with Gasteiger partial charge in [-0.2, -0.15) is 0 Å². The Morgan fingerprint density at radius 3 is 2.79 bits per heavy atom. The number of piperidine rings is 1. The lowest BCUT2D eigenvalue weighted by atomic mass is 9.94. The normalized spacial score (nSPS) is 31.7. The van der Waals surface area contributed by atoms with Gasteiger partial charge in [-0.05, 0) is 32.2 Å². The summed E-state index contributed by atoms with van der Waals surface area (Å²) in [5.41, 5.74) is 6.13. The molecule has 110 valence electrons. The van der Waals surface area contributed by atoms with Crippen LogP contribution >= 0.6 is 0 Å². The van der Waals surface area contributed by atoms with Crippen LogP contribution in [0, 0.1) is 5.92 Å². The summed E-state index contributed by atoms with van der Waals surface area (Å²) in [4.78, 5) is 17.2. The molecule has 4 heteroatoms. The highest BCUT2D eigenvalue weighted by Crippen LogP contribution is 2.25. The Hall–Kier alpha value is -0.610. The summed E-state index contributed by atoms with van der Waals surface area (Å²) < 4.78 is 0. The van der Waals surface area contributed by atoms with Crippen LogP contribution in [0.2, 0.25) is 0 Å². The second kappa shape index (κ2) is 6.23. The number of rotatable bonds is 3. The standard InChI is InChI=1S/C15H29N3O/c1-4-11(2)14(16)15(19)18-10-13-7-5-6-8-17(13)9-12(18)3/h11-14H,4-10,16H2,1-3H3/t11?,12?,13?,14-/m0/s1. The van der Waals surface area contributed by atoms with Crippen LogP contribution in [-0.4, -0.2) is 53.5 Å². The first-order valence-corrected chi connectivity index (χ1v) is 7.84. The fraction of sp³-hybridized carbons (Fsp3) is 0.933. The molecule has 19 heavy (non-hydrogen) atoms. The van der Waals surface area contributed by atoms with Gasteiger partial charge in [0.2, 0.25) is 5.91 Å². The first-order chi connectivity index (χ1) is 9.04. The summed E-state index contributed by atoms with van der Waals surface area (Å²) in [6.45, 7) is 9.43. The maximum absolute atomic E-state index is 12.6. The third-order valence-corrected chi connectivity index (χ3v) is 5.01. The zero-order valence-electron chi connectivity index (χ0n) is 12.6. The van der Waals surface area contributed by atoms with Gasteiger partial charge in [0.05, 0.1) is 6.04 Å². The summed E-state index contributed by atoms with van der Waals surface area (Å²) in [5, 5.41) is 0. The van der Waals surface area contributed by atoms with E-state index in [1.165, 1.54) is 25.8 Å². The van der Waals surface area contributed by atoms with E-state index >= 15 is 0 Å². The third kappa shape index (κ3) is 3.11. The number of nitrogens with zero attached hydrogens (tertiary/aromatic N) is 2. The lowest BCUT2D eigenvalue weighted by Crippen LogP contribution is -2.62. The molecule has 2 saturated heterocycles. The lowest BCUT2D eigenvalue weighted by molar-refractivity contribution is -0.140. The van der Waals surface area contributed by atoms with E-state index in [9.17, 15) is 4.79 Å². The van der Waals surface area contributed by atoms with Gasteiger partial charge < -0.3 is 10.6 Å². The van der Waals surface area contributed by atoms with Crippen molar-refractivity contribution in [2.45, 2.75) is 64.6 Å². The van der Waals surface area contributed by atoms with E-state index in [0.717, 1.165) is 19.5 Å². The molecule has 2 aliphatic rings. The molecule has 0 aromatic carbocycles. The first-order valence-electron chi connectivity index (χ1n) is 7.84. The summed E-state index contributed by atoms with van der Waals surface area (Å²) in [6.07, 6.45) is 4.80. The number of carbonyl (C=O) groups excluding carboxylic acids is 1. The molecular weight excluding hydrogens is 238 g/mol. The summed E-state index contributed by atoms with van der Waals surface area (Å²) >= 11 is 0. The van der Waals surface area contributed by atoms with Crippen LogP contribution in [0.4, 0.5) is 0 Å². The summed E-state index contributed by atoms with van der Waals surface area (Å²) in [6, 6.07) is 0.539. The topological polar surface area (TPSA) is 49.6 Å². The van der Waals surface area contributed by atoms with Crippen LogP contribution in [0.25, 0.3) is 0 Å². The zero-order valence-corrected chi connectivity index (χ0v) is 12.6. The van der Waals surface area contributed by atoms with Gasteiger partial charge in [0, 0.05) is 25.2 Å². The molecule has 1 amide bonds. The maximum atomic E-state index is 12.6. The van der Waals surface area contributed by atoms with Gasteiger partial charge in [-0.3, -0.25) is 9.69 Å². The zero-order chi connectivity index (χ0) is 14.0. The van der Waals surface area contributed by atoms with Crippen LogP contribution in [0.15, 0.2) is 0 Å². The highest BCUT2D eigenvalue weighted by molar-refractivity contribution is 5.82. The van der Waals surface area contributed by atoms with E-state index in [0.29, 0.717) is 12.1 Å². The molecule has 0 aromatic rings. The highest BCUT2D eigenvalue weighted by atomic mass is 16.2. The number of amides is 1. The quantitative estimate of drug-likeness (QED) is 0.842. The molecule has 2 rings (SSSR count). The molecule has 0 spiro atoms. The van der Waals surface area contributed by atoms with Gasteiger partial charge in [-0.25, -0.2) is 0 Å². The maximum Gasteiger partial charge on any atom is 0.240 e. The molecule has 0 aliphatic carbocycles. The Bertz CT molecular complexity index is 321. The Balaban J connectivity index is 2.01. The molecule has 0 radical (unpaired) electrons. The second-order valence-electron chi connectivity index (χ2n) is 6.40. The average Bonchev–Trinajstić information content (AvgIpc) is 2.44. The van der Waals surface area contributed by atoms with Gasteiger partial charge in [-0.1, -0.05) is 26.7 Å². The first kappa shape index (κ1) is 14.8. The average molecular weight is 267 g/mol. The van der Waals surface area contributed by atoms with Crippen molar-refractivity contribution in [2.24, 2.45) is 11.7 Å². The number of carbonyl (C=O) groups is 1. The van der Waals surface area contributed by atoms with Gasteiger partial charge in [-0.15, -0.1) is 0 Å². The minimum Gasteiger partial charge on any atom is -0.336 e. The smallest absolute Gasteiger partial charge is 0.240 e. The fourth-order valence-corrected chi connectivity index (χ4v) is 3.35. The Morgan fingerprint density at radius 1 is 1.37 bits per heavy atom. The molecule has 0 aromatic heterocycles. The van der Waals surface area contributed by atoms with Crippen LogP contribution in [0.1, 0.15) is 46.5 Å². The van der Waals surface area contributed by atoms with Gasteiger partial charge in [0.15, 0.2) is 0 Å². The molecule has 0 bridgehead atoms. The van der Waals surface area contributed by atoms with Crippen molar-refractivity contribution in [3.8, 4) is 0 Å². The molecule has 2 aliphatic heterocycles. The summed E-state index contributed by atoms with van der Waals surface area (Å²) in [7, 11) is 0. The second-order valence-corrected chi connectivity index (χ2v) is 6.40. The molecule has 2 N–H and O–H groups in total. The predicted molar refractivity (Wildman–Crippen MR) is 77.8 cm³/mol. The number of hydrogen-bond donors (Lipinski definition) is 1. The third-order valence-electron chi connectivity index (χ3n) is 5.01. The van der Waals surface area contributed by atoms with Gasteiger partial charge in [0.25, 0.3) is 0 Å². The van der Waals surface area contributed by atoms with Crippen LogP contribution in [0.3, 0.4) is 0 Å². The Morgan fingerprint density at radius 2 is 2.11 bits per heavy atom. The SMILES string of the molecule is CCC(C)[C@H](N)C(=O)N1CC2CCCCN2CC1C. The highest BCUT2D eigenvalue weighted by Gasteiger charge is 2.37.